The van der Waals surface area contributed by atoms with E-state index in [-0.39, 0.29) is 6.09 Å². The maximum absolute atomic E-state index is 12.0. The van der Waals surface area contributed by atoms with Gasteiger partial charge in [0.25, 0.3) is 0 Å². The molecule has 0 aromatic heterocycles. The molecule has 0 spiro atoms. The van der Waals surface area contributed by atoms with Gasteiger partial charge in [0.15, 0.2) is 0 Å². The molecule has 128 valence electrons. The molecule has 1 N–H and O–H groups in total. The zero-order valence-electron chi connectivity index (χ0n) is 14.6. The second-order valence-electron chi connectivity index (χ2n) is 7.56. The van der Waals surface area contributed by atoms with Gasteiger partial charge in [-0.05, 0) is 65.8 Å². The standard InChI is InChI=1S/C17H32N2O3/c1-5-21-15-10-14(11-15)18-12-13-6-8-19(9-7-13)16(20)22-17(2,3)4/h13-15,18H,5-12H2,1-4H3. The number of amides is 1. The Balaban J connectivity index is 1.59. The molecule has 2 rings (SSSR count). The van der Waals surface area contributed by atoms with Gasteiger partial charge in [0.2, 0.25) is 0 Å². The van der Waals surface area contributed by atoms with Crippen LogP contribution in [0.2, 0.25) is 0 Å². The van der Waals surface area contributed by atoms with Crippen LogP contribution >= 0.6 is 0 Å². The zero-order chi connectivity index (χ0) is 16.2. The van der Waals surface area contributed by atoms with Crippen molar-refractivity contribution < 1.29 is 14.3 Å². The third-order valence-electron chi connectivity index (χ3n) is 4.46. The molecule has 1 aliphatic carbocycles. The van der Waals surface area contributed by atoms with Crippen LogP contribution in [-0.4, -0.2) is 55.0 Å². The van der Waals surface area contributed by atoms with E-state index < -0.39 is 5.60 Å². The van der Waals surface area contributed by atoms with Crippen LogP contribution in [0.5, 0.6) is 0 Å². The van der Waals surface area contributed by atoms with Crippen molar-refractivity contribution in [3.63, 3.8) is 0 Å². The highest BCUT2D eigenvalue weighted by Crippen LogP contribution is 2.24. The van der Waals surface area contributed by atoms with Crippen molar-refractivity contribution in [2.75, 3.05) is 26.2 Å². The van der Waals surface area contributed by atoms with Crippen molar-refractivity contribution in [2.24, 2.45) is 5.92 Å². The summed E-state index contributed by atoms with van der Waals surface area (Å²) >= 11 is 0. The van der Waals surface area contributed by atoms with Gasteiger partial charge in [-0.2, -0.15) is 0 Å². The van der Waals surface area contributed by atoms with Crippen LogP contribution in [0.3, 0.4) is 0 Å². The lowest BCUT2D eigenvalue weighted by atomic mass is 9.88. The number of nitrogens with one attached hydrogen (secondary N) is 1. The fourth-order valence-corrected chi connectivity index (χ4v) is 3.08. The average molecular weight is 312 g/mol. The van der Waals surface area contributed by atoms with Crippen LogP contribution in [0.25, 0.3) is 0 Å². The number of rotatable bonds is 5. The quantitative estimate of drug-likeness (QED) is 0.848. The Labute approximate surface area is 134 Å². The minimum atomic E-state index is -0.406. The van der Waals surface area contributed by atoms with E-state index in [4.69, 9.17) is 9.47 Å². The molecular weight excluding hydrogens is 280 g/mol. The number of piperidine rings is 1. The number of hydrogen-bond acceptors (Lipinski definition) is 4. The molecule has 5 heteroatoms. The molecule has 1 aliphatic heterocycles. The summed E-state index contributed by atoms with van der Waals surface area (Å²) in [5.74, 6) is 0.671. The Morgan fingerprint density at radius 3 is 2.41 bits per heavy atom. The molecule has 1 heterocycles. The summed E-state index contributed by atoms with van der Waals surface area (Å²) in [5.41, 5.74) is -0.406. The summed E-state index contributed by atoms with van der Waals surface area (Å²) in [6.07, 6.45) is 4.71. The fourth-order valence-electron chi connectivity index (χ4n) is 3.08. The molecule has 1 saturated carbocycles. The molecule has 0 aromatic rings. The topological polar surface area (TPSA) is 50.8 Å². The maximum atomic E-state index is 12.0. The Morgan fingerprint density at radius 2 is 1.86 bits per heavy atom. The Bertz CT molecular complexity index is 353. The van der Waals surface area contributed by atoms with Crippen molar-refractivity contribution in [3.8, 4) is 0 Å². The smallest absolute Gasteiger partial charge is 0.410 e. The van der Waals surface area contributed by atoms with Gasteiger partial charge in [-0.25, -0.2) is 4.79 Å². The minimum Gasteiger partial charge on any atom is -0.444 e. The van der Waals surface area contributed by atoms with Gasteiger partial charge < -0.3 is 19.7 Å². The van der Waals surface area contributed by atoms with E-state index in [1.54, 1.807) is 0 Å². The Kier molecular flexibility index (Phi) is 6.09. The molecule has 0 unspecified atom stereocenters. The van der Waals surface area contributed by atoms with Gasteiger partial charge in [-0.1, -0.05) is 0 Å². The second-order valence-corrected chi connectivity index (χ2v) is 7.56. The van der Waals surface area contributed by atoms with E-state index in [1.165, 1.54) is 0 Å². The molecule has 5 nitrogen and oxygen atoms in total. The first-order chi connectivity index (χ1) is 10.4. The SMILES string of the molecule is CCOC1CC(NCC2CCN(C(=O)OC(C)(C)C)CC2)C1. The fraction of sp³-hybridized carbons (Fsp3) is 0.941. The number of ether oxygens (including phenoxy) is 2. The van der Waals surface area contributed by atoms with E-state index in [0.29, 0.717) is 18.1 Å². The van der Waals surface area contributed by atoms with E-state index in [0.717, 1.165) is 51.9 Å². The summed E-state index contributed by atoms with van der Waals surface area (Å²) in [4.78, 5) is 13.9. The van der Waals surface area contributed by atoms with Crippen LogP contribution < -0.4 is 5.32 Å². The summed E-state index contributed by atoms with van der Waals surface area (Å²) in [7, 11) is 0. The first kappa shape index (κ1) is 17.5. The lowest BCUT2D eigenvalue weighted by Gasteiger charge is -2.38. The predicted molar refractivity (Wildman–Crippen MR) is 87.0 cm³/mol. The van der Waals surface area contributed by atoms with Crippen molar-refractivity contribution in [1.82, 2.24) is 10.2 Å². The number of carbonyl (C=O) groups is 1. The molecule has 0 radical (unpaired) electrons. The monoisotopic (exact) mass is 312 g/mol. The maximum Gasteiger partial charge on any atom is 0.410 e. The minimum absolute atomic E-state index is 0.169. The van der Waals surface area contributed by atoms with Gasteiger partial charge in [0, 0.05) is 25.7 Å². The zero-order valence-corrected chi connectivity index (χ0v) is 14.6. The van der Waals surface area contributed by atoms with E-state index >= 15 is 0 Å². The molecule has 2 aliphatic rings. The lowest BCUT2D eigenvalue weighted by molar-refractivity contribution is -0.0117. The van der Waals surface area contributed by atoms with Crippen LogP contribution in [0.1, 0.15) is 53.4 Å². The van der Waals surface area contributed by atoms with E-state index in [1.807, 2.05) is 25.7 Å². The summed E-state index contributed by atoms with van der Waals surface area (Å²) < 4.78 is 11.0. The van der Waals surface area contributed by atoms with Crippen molar-refractivity contribution in [3.05, 3.63) is 0 Å². The van der Waals surface area contributed by atoms with Gasteiger partial charge in [0.1, 0.15) is 5.60 Å². The van der Waals surface area contributed by atoms with Crippen LogP contribution in [0, 0.1) is 5.92 Å². The number of likely N-dealkylation sites (tertiary alicyclic amines) is 1. The summed E-state index contributed by atoms with van der Waals surface area (Å²) in [6, 6.07) is 0.625. The largest absolute Gasteiger partial charge is 0.444 e. The average Bonchev–Trinajstić information content (AvgIpc) is 2.40. The highest BCUT2D eigenvalue weighted by atomic mass is 16.6. The highest BCUT2D eigenvalue weighted by molar-refractivity contribution is 5.68. The van der Waals surface area contributed by atoms with E-state index in [9.17, 15) is 4.79 Å². The van der Waals surface area contributed by atoms with Crippen LogP contribution in [-0.2, 0) is 9.47 Å². The second kappa shape index (κ2) is 7.64. The van der Waals surface area contributed by atoms with E-state index in [2.05, 4.69) is 12.2 Å². The third kappa shape index (κ3) is 5.43. The van der Waals surface area contributed by atoms with Gasteiger partial charge in [-0.3, -0.25) is 0 Å². The van der Waals surface area contributed by atoms with Gasteiger partial charge in [-0.15, -0.1) is 0 Å². The normalized spacial score (nSPS) is 26.6. The molecular formula is C17H32N2O3. The lowest BCUT2D eigenvalue weighted by Crippen LogP contribution is -2.48. The molecule has 0 atom stereocenters. The molecule has 0 aromatic carbocycles. The van der Waals surface area contributed by atoms with Gasteiger partial charge >= 0.3 is 6.09 Å². The molecule has 1 saturated heterocycles. The first-order valence-electron chi connectivity index (χ1n) is 8.70. The summed E-state index contributed by atoms with van der Waals surface area (Å²) in [6.45, 7) is 11.3. The number of hydrogen-bond donors (Lipinski definition) is 1. The number of carbonyl (C=O) groups excluding carboxylic acids is 1. The predicted octanol–water partition coefficient (Wildman–Crippen LogP) is 2.79. The van der Waals surface area contributed by atoms with Crippen LogP contribution in [0.4, 0.5) is 4.79 Å². The summed E-state index contributed by atoms with van der Waals surface area (Å²) in [5, 5.41) is 3.64. The first-order valence-corrected chi connectivity index (χ1v) is 8.70. The Hall–Kier alpha value is -0.810. The molecule has 2 fully saturated rings. The molecule has 1 amide bonds. The van der Waals surface area contributed by atoms with Gasteiger partial charge in [0.05, 0.1) is 6.10 Å². The number of nitrogens with zero attached hydrogens (tertiary/aromatic N) is 1. The molecule has 0 bridgehead atoms. The molecule has 22 heavy (non-hydrogen) atoms. The third-order valence-corrected chi connectivity index (χ3v) is 4.46. The van der Waals surface area contributed by atoms with Crippen molar-refractivity contribution >= 4 is 6.09 Å². The van der Waals surface area contributed by atoms with Crippen LogP contribution in [0.15, 0.2) is 0 Å². The highest BCUT2D eigenvalue weighted by Gasteiger charge is 2.31. The van der Waals surface area contributed by atoms with Crippen molar-refractivity contribution in [2.45, 2.75) is 71.1 Å². The van der Waals surface area contributed by atoms with Crippen molar-refractivity contribution in [1.29, 1.82) is 0 Å². The Morgan fingerprint density at radius 1 is 1.23 bits per heavy atom.